The molecule has 150 valence electrons. The number of benzene rings is 2. The number of hydrogen-bond donors (Lipinski definition) is 2. The van der Waals surface area contributed by atoms with Crippen LogP contribution in [-0.4, -0.2) is 33.1 Å². The zero-order chi connectivity index (χ0) is 20.5. The van der Waals surface area contributed by atoms with Crippen LogP contribution in [0.3, 0.4) is 0 Å². The van der Waals surface area contributed by atoms with Crippen molar-refractivity contribution in [2.75, 3.05) is 17.9 Å². The second kappa shape index (κ2) is 7.96. The van der Waals surface area contributed by atoms with Gasteiger partial charge in [-0.25, -0.2) is 4.68 Å². The number of aromatic nitrogens is 3. The summed E-state index contributed by atoms with van der Waals surface area (Å²) in [7, 11) is 1.57. The Morgan fingerprint density at radius 1 is 1.24 bits per heavy atom. The summed E-state index contributed by atoms with van der Waals surface area (Å²) in [5, 5.41) is 11.9. The van der Waals surface area contributed by atoms with E-state index in [1.165, 1.54) is 11.8 Å². The largest absolute Gasteiger partial charge is 0.495 e. The second-order valence-corrected chi connectivity index (χ2v) is 8.28. The average molecular weight is 430 g/mol. The number of carbonyl (C=O) groups is 1. The summed E-state index contributed by atoms with van der Waals surface area (Å²) in [6.07, 6.45) is 0. The molecular formula is C20H20ClN5O2S. The maximum absolute atomic E-state index is 13.2. The maximum atomic E-state index is 13.2. The predicted molar refractivity (Wildman–Crippen MR) is 114 cm³/mol. The number of carbonyl (C=O) groups excluding carboxylic acids is 1. The summed E-state index contributed by atoms with van der Waals surface area (Å²) < 4.78 is 7.05. The molecule has 0 aliphatic carbocycles. The number of methoxy groups -OCH3 is 1. The molecule has 0 radical (unpaired) electrons. The van der Waals surface area contributed by atoms with E-state index in [1.54, 1.807) is 17.9 Å². The molecule has 2 heterocycles. The molecule has 1 aliphatic heterocycles. The Bertz CT molecular complexity index is 1070. The molecule has 0 spiro atoms. The minimum absolute atomic E-state index is 0.128. The van der Waals surface area contributed by atoms with Crippen LogP contribution in [0.2, 0.25) is 5.02 Å². The summed E-state index contributed by atoms with van der Waals surface area (Å²) in [5.74, 6) is 1.17. The topological polar surface area (TPSA) is 81.1 Å². The van der Waals surface area contributed by atoms with E-state index in [1.807, 2.05) is 50.2 Å². The molecular weight excluding hydrogens is 410 g/mol. The molecule has 4 rings (SSSR count). The Morgan fingerprint density at radius 2 is 2.07 bits per heavy atom. The van der Waals surface area contributed by atoms with Gasteiger partial charge < -0.3 is 15.5 Å². The van der Waals surface area contributed by atoms with Crippen LogP contribution in [-0.2, 0) is 4.79 Å². The van der Waals surface area contributed by atoms with E-state index in [0.717, 1.165) is 22.6 Å². The van der Waals surface area contributed by atoms with Crippen LogP contribution in [0.4, 0.5) is 5.69 Å². The number of nitrogens with zero attached hydrogens (tertiary/aromatic N) is 3. The molecule has 1 amide bonds. The first-order valence-corrected chi connectivity index (χ1v) is 10.3. The van der Waals surface area contributed by atoms with Gasteiger partial charge in [-0.15, -0.1) is 10.2 Å². The monoisotopic (exact) mass is 429 g/mol. The first-order chi connectivity index (χ1) is 14.0. The van der Waals surface area contributed by atoms with Gasteiger partial charge in [0.15, 0.2) is 0 Å². The van der Waals surface area contributed by atoms with Crippen LogP contribution in [0.1, 0.15) is 23.0 Å². The molecule has 3 aromatic rings. The standard InChI is InChI=1S/C20H20ClN5O2S/c1-11-5-4-6-14(9-11)22-19(27)18-17(13-7-8-16(28-3)15(21)10-13)25-26-12(2)23-24-20(26)29-18/h4-10,17-18,25H,1-3H3,(H,22,27)/t17-,18-/m1/s1. The Labute approximate surface area is 177 Å². The third-order valence-electron chi connectivity index (χ3n) is 4.68. The van der Waals surface area contributed by atoms with Gasteiger partial charge in [-0.3, -0.25) is 4.79 Å². The van der Waals surface area contributed by atoms with Crippen molar-refractivity contribution in [1.29, 1.82) is 0 Å². The molecule has 0 saturated heterocycles. The third kappa shape index (κ3) is 3.90. The van der Waals surface area contributed by atoms with Gasteiger partial charge in [0.1, 0.15) is 16.8 Å². The van der Waals surface area contributed by atoms with Crippen LogP contribution in [0.15, 0.2) is 47.6 Å². The summed E-state index contributed by atoms with van der Waals surface area (Å²) in [6, 6.07) is 12.9. The number of aryl methyl sites for hydroxylation is 2. The lowest BCUT2D eigenvalue weighted by Crippen LogP contribution is -2.41. The second-order valence-electron chi connectivity index (χ2n) is 6.76. The molecule has 2 N–H and O–H groups in total. The Kier molecular flexibility index (Phi) is 5.38. The van der Waals surface area contributed by atoms with E-state index in [-0.39, 0.29) is 11.9 Å². The van der Waals surface area contributed by atoms with Gasteiger partial charge in [0, 0.05) is 5.69 Å². The molecule has 2 atom stereocenters. The van der Waals surface area contributed by atoms with Crippen molar-refractivity contribution < 1.29 is 9.53 Å². The predicted octanol–water partition coefficient (Wildman–Crippen LogP) is 3.95. The number of anilines is 1. The molecule has 29 heavy (non-hydrogen) atoms. The SMILES string of the molecule is COc1ccc([C@H]2Nn3c(C)nnc3S[C@H]2C(=O)Nc2cccc(C)c2)cc1Cl. The summed E-state index contributed by atoms with van der Waals surface area (Å²) in [4.78, 5) is 13.2. The number of nitrogens with one attached hydrogen (secondary N) is 2. The van der Waals surface area contributed by atoms with Crippen molar-refractivity contribution in [2.24, 2.45) is 0 Å². The Balaban J connectivity index is 1.68. The van der Waals surface area contributed by atoms with Gasteiger partial charge in [-0.2, -0.15) is 0 Å². The van der Waals surface area contributed by atoms with Gasteiger partial charge in [-0.1, -0.05) is 41.6 Å². The van der Waals surface area contributed by atoms with Crippen LogP contribution in [0.25, 0.3) is 0 Å². The normalized spacial score (nSPS) is 17.9. The molecule has 0 unspecified atom stereocenters. The highest BCUT2D eigenvalue weighted by Gasteiger charge is 2.37. The fraction of sp³-hybridized carbons (Fsp3) is 0.250. The minimum atomic E-state index is -0.476. The zero-order valence-corrected chi connectivity index (χ0v) is 17.7. The van der Waals surface area contributed by atoms with Crippen molar-refractivity contribution in [3.8, 4) is 5.75 Å². The molecule has 1 aliphatic rings. The van der Waals surface area contributed by atoms with Crippen LogP contribution in [0.5, 0.6) is 5.75 Å². The average Bonchev–Trinajstić information content (AvgIpc) is 3.07. The van der Waals surface area contributed by atoms with Gasteiger partial charge >= 0.3 is 0 Å². The van der Waals surface area contributed by atoms with Gasteiger partial charge in [-0.05, 0) is 49.2 Å². The Morgan fingerprint density at radius 3 is 2.79 bits per heavy atom. The third-order valence-corrected chi connectivity index (χ3v) is 6.19. The van der Waals surface area contributed by atoms with Gasteiger partial charge in [0.25, 0.3) is 0 Å². The molecule has 7 nitrogen and oxygen atoms in total. The van der Waals surface area contributed by atoms with Crippen molar-refractivity contribution >= 4 is 35.0 Å². The summed E-state index contributed by atoms with van der Waals surface area (Å²) in [6.45, 7) is 3.84. The van der Waals surface area contributed by atoms with E-state index in [4.69, 9.17) is 16.3 Å². The zero-order valence-electron chi connectivity index (χ0n) is 16.1. The van der Waals surface area contributed by atoms with Crippen molar-refractivity contribution in [2.45, 2.75) is 30.3 Å². The molecule has 2 aromatic carbocycles. The first-order valence-electron chi connectivity index (χ1n) is 9.02. The fourth-order valence-corrected chi connectivity index (χ4v) is 4.61. The Hall–Kier alpha value is -2.71. The van der Waals surface area contributed by atoms with E-state index in [9.17, 15) is 4.79 Å². The fourth-order valence-electron chi connectivity index (χ4n) is 3.22. The highest BCUT2D eigenvalue weighted by Crippen LogP contribution is 2.39. The number of ether oxygens (including phenoxy) is 1. The number of halogens is 1. The number of thioether (sulfide) groups is 1. The number of hydrogen-bond acceptors (Lipinski definition) is 6. The number of fused-ring (bicyclic) bond motifs is 1. The van der Waals surface area contributed by atoms with E-state index in [2.05, 4.69) is 20.9 Å². The molecule has 0 bridgehead atoms. The van der Waals surface area contributed by atoms with Crippen LogP contribution >= 0.6 is 23.4 Å². The van der Waals surface area contributed by atoms with Gasteiger partial charge in [0.2, 0.25) is 11.1 Å². The highest BCUT2D eigenvalue weighted by atomic mass is 35.5. The van der Waals surface area contributed by atoms with Crippen molar-refractivity contribution in [3.05, 3.63) is 64.4 Å². The quantitative estimate of drug-likeness (QED) is 0.653. The van der Waals surface area contributed by atoms with Crippen molar-refractivity contribution in [3.63, 3.8) is 0 Å². The molecule has 0 saturated carbocycles. The minimum Gasteiger partial charge on any atom is -0.495 e. The smallest absolute Gasteiger partial charge is 0.240 e. The van der Waals surface area contributed by atoms with Crippen LogP contribution in [0, 0.1) is 13.8 Å². The summed E-state index contributed by atoms with van der Waals surface area (Å²) in [5.41, 5.74) is 6.06. The van der Waals surface area contributed by atoms with Gasteiger partial charge in [0.05, 0.1) is 18.2 Å². The molecule has 0 fully saturated rings. The maximum Gasteiger partial charge on any atom is 0.240 e. The molecule has 1 aromatic heterocycles. The lowest BCUT2D eigenvalue weighted by Gasteiger charge is -2.33. The number of amides is 1. The first kappa shape index (κ1) is 19.6. The van der Waals surface area contributed by atoms with E-state index < -0.39 is 5.25 Å². The lowest BCUT2D eigenvalue weighted by molar-refractivity contribution is -0.116. The highest BCUT2D eigenvalue weighted by molar-refractivity contribution is 8.00. The lowest BCUT2D eigenvalue weighted by atomic mass is 10.0. The summed E-state index contributed by atoms with van der Waals surface area (Å²) >= 11 is 7.71. The van der Waals surface area contributed by atoms with Crippen molar-refractivity contribution in [1.82, 2.24) is 14.9 Å². The molecule has 9 heteroatoms. The number of rotatable bonds is 4. The van der Waals surface area contributed by atoms with Crippen LogP contribution < -0.4 is 15.5 Å². The van der Waals surface area contributed by atoms with E-state index in [0.29, 0.717) is 15.9 Å². The van der Waals surface area contributed by atoms with E-state index >= 15 is 0 Å².